The van der Waals surface area contributed by atoms with Gasteiger partial charge in [0, 0.05) is 6.04 Å². The third kappa shape index (κ3) is 4.09. The molecule has 4 nitrogen and oxygen atoms in total. The summed E-state index contributed by atoms with van der Waals surface area (Å²) < 4.78 is 0. The van der Waals surface area contributed by atoms with Crippen molar-refractivity contribution in [3.8, 4) is 0 Å². The minimum atomic E-state index is -0.129. The van der Waals surface area contributed by atoms with Crippen LogP contribution in [0.2, 0.25) is 0 Å². The molecule has 1 unspecified atom stereocenters. The summed E-state index contributed by atoms with van der Waals surface area (Å²) in [7, 11) is 0. The Kier molecular flexibility index (Phi) is 4.60. The fraction of sp³-hybridized carbons (Fsp3) is 0.368. The van der Waals surface area contributed by atoms with Crippen molar-refractivity contribution in [2.75, 3.05) is 6.54 Å². The summed E-state index contributed by atoms with van der Waals surface area (Å²) in [6.07, 6.45) is 2.66. The van der Waals surface area contributed by atoms with Gasteiger partial charge in [-0.2, -0.15) is 0 Å². The molecule has 23 heavy (non-hydrogen) atoms. The third-order valence-corrected chi connectivity index (χ3v) is 4.39. The number of amides is 2. The summed E-state index contributed by atoms with van der Waals surface area (Å²) in [5.74, 6) is 0.372. The van der Waals surface area contributed by atoms with Gasteiger partial charge in [-0.25, -0.2) is 0 Å². The normalized spacial score (nSPS) is 15.2. The van der Waals surface area contributed by atoms with Crippen LogP contribution in [0, 0.1) is 5.92 Å². The highest BCUT2D eigenvalue weighted by molar-refractivity contribution is 5.91. The number of fused-ring (bicyclic) bond motifs is 1. The number of nitrogens with one attached hydrogen (secondary N) is 2. The van der Waals surface area contributed by atoms with E-state index in [4.69, 9.17) is 0 Å². The molecule has 2 aromatic rings. The van der Waals surface area contributed by atoms with Crippen LogP contribution in [0.5, 0.6) is 0 Å². The van der Waals surface area contributed by atoms with E-state index >= 15 is 0 Å². The Balaban J connectivity index is 1.53. The van der Waals surface area contributed by atoms with Gasteiger partial charge in [0.25, 0.3) is 0 Å². The molecule has 1 aliphatic rings. The number of benzene rings is 2. The van der Waals surface area contributed by atoms with Crippen molar-refractivity contribution in [1.82, 2.24) is 10.6 Å². The fourth-order valence-electron chi connectivity index (χ4n) is 2.88. The molecule has 1 aliphatic carbocycles. The van der Waals surface area contributed by atoms with Crippen molar-refractivity contribution >= 4 is 22.6 Å². The number of hydrogen-bond donors (Lipinski definition) is 2. The van der Waals surface area contributed by atoms with E-state index in [0.29, 0.717) is 5.92 Å². The first-order valence-electron chi connectivity index (χ1n) is 8.16. The van der Waals surface area contributed by atoms with E-state index in [1.54, 1.807) is 0 Å². The van der Waals surface area contributed by atoms with Gasteiger partial charge < -0.3 is 10.6 Å². The minimum Gasteiger partial charge on any atom is -0.352 e. The number of hydrogen-bond acceptors (Lipinski definition) is 2. The largest absolute Gasteiger partial charge is 0.352 e. The van der Waals surface area contributed by atoms with Crippen molar-refractivity contribution in [2.45, 2.75) is 32.2 Å². The van der Waals surface area contributed by atoms with Crippen LogP contribution in [0.4, 0.5) is 0 Å². The standard InChI is InChI=1S/C19H22N2O2/c1-13(14-9-10-14)21-19(23)12-20-18(22)11-16-7-4-6-15-5-2-3-8-17(15)16/h2-8,13-14H,9-12H2,1H3,(H,20,22)(H,21,23). The van der Waals surface area contributed by atoms with Crippen LogP contribution in [0.3, 0.4) is 0 Å². The van der Waals surface area contributed by atoms with Crippen LogP contribution >= 0.6 is 0 Å². The van der Waals surface area contributed by atoms with E-state index in [9.17, 15) is 9.59 Å². The van der Waals surface area contributed by atoms with Gasteiger partial charge in [0.05, 0.1) is 13.0 Å². The SMILES string of the molecule is CC(NC(=O)CNC(=O)Cc1cccc2ccccc12)C1CC1. The summed E-state index contributed by atoms with van der Waals surface area (Å²) in [6.45, 7) is 2.06. The Bertz CT molecular complexity index is 717. The van der Waals surface area contributed by atoms with Gasteiger partial charge in [-0.15, -0.1) is 0 Å². The van der Waals surface area contributed by atoms with E-state index < -0.39 is 0 Å². The molecule has 0 aromatic heterocycles. The molecular weight excluding hydrogens is 288 g/mol. The average molecular weight is 310 g/mol. The molecule has 3 rings (SSSR count). The van der Waals surface area contributed by atoms with Gasteiger partial charge in [0.15, 0.2) is 0 Å². The monoisotopic (exact) mass is 310 g/mol. The molecule has 2 amide bonds. The second-order valence-electron chi connectivity index (χ2n) is 6.29. The predicted molar refractivity (Wildman–Crippen MR) is 91.0 cm³/mol. The molecule has 0 radical (unpaired) electrons. The van der Waals surface area contributed by atoms with Gasteiger partial charge in [-0.1, -0.05) is 42.5 Å². The van der Waals surface area contributed by atoms with Crippen molar-refractivity contribution in [2.24, 2.45) is 5.92 Å². The predicted octanol–water partition coefficient (Wildman–Crippen LogP) is 2.41. The Hall–Kier alpha value is -2.36. The first-order valence-corrected chi connectivity index (χ1v) is 8.16. The quantitative estimate of drug-likeness (QED) is 0.861. The lowest BCUT2D eigenvalue weighted by atomic mass is 10.0. The van der Waals surface area contributed by atoms with E-state index in [1.165, 1.54) is 12.8 Å². The van der Waals surface area contributed by atoms with Crippen molar-refractivity contribution in [1.29, 1.82) is 0 Å². The average Bonchev–Trinajstić information content (AvgIpc) is 3.38. The van der Waals surface area contributed by atoms with Gasteiger partial charge >= 0.3 is 0 Å². The summed E-state index contributed by atoms with van der Waals surface area (Å²) in [6, 6.07) is 14.1. The van der Waals surface area contributed by atoms with Crippen LogP contribution < -0.4 is 10.6 Å². The highest BCUT2D eigenvalue weighted by Gasteiger charge is 2.28. The molecule has 0 heterocycles. The zero-order chi connectivity index (χ0) is 16.2. The molecule has 1 fully saturated rings. The molecule has 4 heteroatoms. The van der Waals surface area contributed by atoms with Crippen LogP contribution in [0.15, 0.2) is 42.5 Å². The third-order valence-electron chi connectivity index (χ3n) is 4.39. The Morgan fingerprint density at radius 1 is 1.09 bits per heavy atom. The van der Waals surface area contributed by atoms with E-state index in [-0.39, 0.29) is 30.8 Å². The lowest BCUT2D eigenvalue weighted by Gasteiger charge is -2.13. The van der Waals surface area contributed by atoms with Crippen molar-refractivity contribution < 1.29 is 9.59 Å². The Morgan fingerprint density at radius 2 is 1.83 bits per heavy atom. The van der Waals surface area contributed by atoms with E-state index in [0.717, 1.165) is 16.3 Å². The minimum absolute atomic E-state index is 0.0423. The van der Waals surface area contributed by atoms with Gasteiger partial charge in [-0.3, -0.25) is 9.59 Å². The molecule has 2 aromatic carbocycles. The number of carbonyl (C=O) groups is 2. The summed E-state index contributed by atoms with van der Waals surface area (Å²) in [5, 5.41) is 7.85. The zero-order valence-corrected chi connectivity index (χ0v) is 13.3. The first-order chi connectivity index (χ1) is 11.1. The summed E-state index contributed by atoms with van der Waals surface area (Å²) in [4.78, 5) is 23.9. The highest BCUT2D eigenvalue weighted by atomic mass is 16.2. The second kappa shape index (κ2) is 6.82. The maximum absolute atomic E-state index is 12.1. The summed E-state index contributed by atoms with van der Waals surface area (Å²) >= 11 is 0. The van der Waals surface area contributed by atoms with Crippen LogP contribution in [-0.4, -0.2) is 24.4 Å². The van der Waals surface area contributed by atoms with Crippen molar-refractivity contribution in [3.63, 3.8) is 0 Å². The molecule has 120 valence electrons. The fourth-order valence-corrected chi connectivity index (χ4v) is 2.88. The lowest BCUT2D eigenvalue weighted by molar-refractivity contribution is -0.126. The molecule has 0 bridgehead atoms. The van der Waals surface area contributed by atoms with Gasteiger partial charge in [0.1, 0.15) is 0 Å². The first kappa shape index (κ1) is 15.5. The topological polar surface area (TPSA) is 58.2 Å². The highest BCUT2D eigenvalue weighted by Crippen LogP contribution is 2.32. The second-order valence-corrected chi connectivity index (χ2v) is 6.29. The molecule has 0 saturated heterocycles. The van der Waals surface area contributed by atoms with Crippen LogP contribution in [0.1, 0.15) is 25.3 Å². The smallest absolute Gasteiger partial charge is 0.239 e. The van der Waals surface area contributed by atoms with Crippen LogP contribution in [0.25, 0.3) is 10.8 Å². The molecule has 1 atom stereocenters. The number of rotatable bonds is 6. The summed E-state index contributed by atoms with van der Waals surface area (Å²) in [5.41, 5.74) is 0.979. The Labute approximate surface area is 136 Å². The number of carbonyl (C=O) groups excluding carboxylic acids is 2. The van der Waals surface area contributed by atoms with Crippen LogP contribution in [-0.2, 0) is 16.0 Å². The molecular formula is C19H22N2O2. The maximum Gasteiger partial charge on any atom is 0.239 e. The molecule has 0 spiro atoms. The molecule has 0 aliphatic heterocycles. The Morgan fingerprint density at radius 3 is 2.61 bits per heavy atom. The molecule has 2 N–H and O–H groups in total. The zero-order valence-electron chi connectivity index (χ0n) is 13.3. The van der Waals surface area contributed by atoms with Gasteiger partial charge in [-0.05, 0) is 42.0 Å². The van der Waals surface area contributed by atoms with Gasteiger partial charge in [0.2, 0.25) is 11.8 Å². The molecule has 1 saturated carbocycles. The van der Waals surface area contributed by atoms with E-state index in [1.807, 2.05) is 49.4 Å². The maximum atomic E-state index is 12.1. The van der Waals surface area contributed by atoms with E-state index in [2.05, 4.69) is 10.6 Å². The van der Waals surface area contributed by atoms with Crippen molar-refractivity contribution in [3.05, 3.63) is 48.0 Å². The lowest BCUT2D eigenvalue weighted by Crippen LogP contribution is -2.42.